The van der Waals surface area contributed by atoms with Crippen LogP contribution in [-0.2, 0) is 0 Å². The van der Waals surface area contributed by atoms with Gasteiger partial charge in [-0.15, -0.1) is 0 Å². The maximum Gasteiger partial charge on any atom is 0.0693 e. The maximum atomic E-state index is 4.30. The molecule has 0 atom stereocenters. The van der Waals surface area contributed by atoms with E-state index in [0.717, 1.165) is 0 Å². The van der Waals surface area contributed by atoms with E-state index in [-0.39, 0.29) is 0 Å². The van der Waals surface area contributed by atoms with Crippen molar-refractivity contribution in [1.82, 2.24) is 0 Å². The lowest BCUT2D eigenvalue weighted by Gasteiger charge is -2.34. The lowest BCUT2D eigenvalue weighted by molar-refractivity contribution is 1.13. The minimum absolute atomic E-state index is 0.606. The second kappa shape index (κ2) is 3.23. The summed E-state index contributed by atoms with van der Waals surface area (Å²) in [5.41, 5.74) is 0. The van der Waals surface area contributed by atoms with Gasteiger partial charge in [-0.1, -0.05) is 39.3 Å². The third-order valence-electron chi connectivity index (χ3n) is 1.82. The molecule has 0 N–H and O–H groups in total. The van der Waals surface area contributed by atoms with Gasteiger partial charge in [0.25, 0.3) is 0 Å². The van der Waals surface area contributed by atoms with E-state index in [1.807, 2.05) is 0 Å². The molecule has 0 saturated carbocycles. The van der Waals surface area contributed by atoms with E-state index >= 15 is 0 Å². The Morgan fingerprint density at radius 2 is 1.18 bits per heavy atom. The van der Waals surface area contributed by atoms with Gasteiger partial charge in [-0.25, -0.2) is 0 Å². The van der Waals surface area contributed by atoms with E-state index in [4.69, 9.17) is 0 Å². The molecular weight excluding hydrogens is 166 g/mol. The first kappa shape index (κ1) is 11.1. The van der Waals surface area contributed by atoms with Crippen molar-refractivity contribution in [3.05, 3.63) is 0 Å². The lowest BCUT2D eigenvalue weighted by Crippen LogP contribution is -2.52. The molecule has 1 nitrogen and oxygen atoms in total. The molecule has 0 amide bonds. The van der Waals surface area contributed by atoms with Gasteiger partial charge in [-0.2, -0.15) is 0 Å². The van der Waals surface area contributed by atoms with E-state index in [1.54, 1.807) is 0 Å². The number of hydrogen-bond donors (Lipinski definition) is 0. The monoisotopic (exact) mass is 187 g/mol. The number of hydrogen-bond acceptors (Lipinski definition) is 1. The van der Waals surface area contributed by atoms with Crippen molar-refractivity contribution in [3.8, 4) is 0 Å². The highest BCUT2D eigenvalue weighted by Crippen LogP contribution is 2.21. The van der Waals surface area contributed by atoms with Crippen molar-refractivity contribution >= 4 is 22.9 Å². The van der Waals surface area contributed by atoms with Crippen molar-refractivity contribution in [1.29, 1.82) is 0 Å². The zero-order valence-electron chi connectivity index (χ0n) is 8.73. The highest BCUT2D eigenvalue weighted by Gasteiger charge is 2.36. The van der Waals surface area contributed by atoms with Crippen LogP contribution >= 0.6 is 0 Å². The molecule has 66 valence electrons. The van der Waals surface area contributed by atoms with Gasteiger partial charge in [0.05, 0.1) is 16.1 Å². The van der Waals surface area contributed by atoms with Gasteiger partial charge in [0.1, 0.15) is 0 Å². The summed E-state index contributed by atoms with van der Waals surface area (Å²) >= 11 is 0. The van der Waals surface area contributed by atoms with E-state index in [1.165, 1.54) is 0 Å². The van der Waals surface area contributed by atoms with E-state index in [0.29, 0.717) is 5.29 Å². The molecule has 0 unspecified atom stereocenters. The van der Waals surface area contributed by atoms with Gasteiger partial charge in [-0.05, 0) is 6.72 Å². The van der Waals surface area contributed by atoms with Crippen LogP contribution in [0.2, 0.25) is 39.3 Å². The number of aliphatic imine (C=N–C) groups is 1. The minimum Gasteiger partial charge on any atom is -0.304 e. The molecule has 3 heteroatoms. The molecule has 0 fully saturated rings. The first-order chi connectivity index (χ1) is 4.69. The molecule has 0 aromatic carbocycles. The Kier molecular flexibility index (Phi) is 3.26. The first-order valence-corrected chi connectivity index (χ1v) is 11.3. The fourth-order valence-electron chi connectivity index (χ4n) is 1.85. The van der Waals surface area contributed by atoms with Crippen LogP contribution in [0, 0.1) is 0 Å². The van der Waals surface area contributed by atoms with Crippen LogP contribution in [0.5, 0.6) is 0 Å². The highest BCUT2D eigenvalue weighted by atomic mass is 28.4. The maximum absolute atomic E-state index is 4.30. The van der Waals surface area contributed by atoms with Gasteiger partial charge < -0.3 is 4.99 Å². The lowest BCUT2D eigenvalue weighted by atomic mass is 11.3. The van der Waals surface area contributed by atoms with Gasteiger partial charge in [0, 0.05) is 5.29 Å². The molecule has 0 aliphatic rings. The van der Waals surface area contributed by atoms with Crippen molar-refractivity contribution < 1.29 is 0 Å². The molecule has 0 saturated heterocycles. The summed E-state index contributed by atoms with van der Waals surface area (Å²) in [4.78, 5) is 4.30. The van der Waals surface area contributed by atoms with Gasteiger partial charge in [0.15, 0.2) is 0 Å². The van der Waals surface area contributed by atoms with Crippen molar-refractivity contribution in [3.63, 3.8) is 0 Å². The van der Waals surface area contributed by atoms with Crippen LogP contribution in [0.15, 0.2) is 4.99 Å². The minimum atomic E-state index is -1.09. The zero-order valence-corrected chi connectivity index (χ0v) is 10.7. The van der Waals surface area contributed by atoms with Crippen molar-refractivity contribution in [2.24, 2.45) is 4.99 Å². The summed E-state index contributed by atoms with van der Waals surface area (Å²) in [7, 11) is -2.18. The fraction of sp³-hybridized carbons (Fsp3) is 0.875. The highest BCUT2D eigenvalue weighted by molar-refractivity contribution is 6.96. The molecule has 0 rings (SSSR count). The average molecular weight is 187 g/mol. The van der Waals surface area contributed by atoms with E-state index in [2.05, 4.69) is 51.0 Å². The van der Waals surface area contributed by atoms with Gasteiger partial charge in [0.2, 0.25) is 0 Å². The van der Waals surface area contributed by atoms with Crippen LogP contribution in [0.1, 0.15) is 0 Å². The van der Waals surface area contributed by atoms with Gasteiger partial charge in [-0.3, -0.25) is 0 Å². The van der Waals surface area contributed by atoms with Crippen molar-refractivity contribution in [2.75, 3.05) is 0 Å². The van der Waals surface area contributed by atoms with Crippen LogP contribution in [0.4, 0.5) is 0 Å². The molecule has 0 aromatic rings. The molecule has 0 heterocycles. The number of rotatable bonds is 3. The standard InChI is InChI=1S/C8H21NSi2/c1-9-8(10(2,3)4)11(5,6)7/h8H,1H2,2-7H3. The predicted molar refractivity (Wildman–Crippen MR) is 60.0 cm³/mol. The van der Waals surface area contributed by atoms with Gasteiger partial charge >= 0.3 is 0 Å². The molecule has 0 aliphatic heterocycles. The summed E-state index contributed by atoms with van der Waals surface area (Å²) in [5, 5.41) is 0.606. The molecule has 0 aromatic heterocycles. The summed E-state index contributed by atoms with van der Waals surface area (Å²) in [6.45, 7) is 18.0. The smallest absolute Gasteiger partial charge is 0.0693 e. The molecule has 0 radical (unpaired) electrons. The second-order valence-corrected chi connectivity index (χ2v) is 16.5. The van der Waals surface area contributed by atoms with Crippen molar-refractivity contribution in [2.45, 2.75) is 44.6 Å². The van der Waals surface area contributed by atoms with E-state index in [9.17, 15) is 0 Å². The number of nitrogens with zero attached hydrogens (tertiary/aromatic N) is 1. The Balaban J connectivity index is 4.56. The molecule has 0 aliphatic carbocycles. The average Bonchev–Trinajstić information content (AvgIpc) is 1.56. The quantitative estimate of drug-likeness (QED) is 0.476. The Morgan fingerprint density at radius 1 is 0.909 bits per heavy atom. The Labute approximate surface area is 73.0 Å². The molecule has 11 heavy (non-hydrogen) atoms. The Morgan fingerprint density at radius 3 is 1.18 bits per heavy atom. The third kappa shape index (κ3) is 3.34. The topological polar surface area (TPSA) is 12.4 Å². The zero-order chi connectivity index (χ0) is 9.28. The largest absolute Gasteiger partial charge is 0.304 e. The van der Waals surface area contributed by atoms with Crippen LogP contribution in [0.25, 0.3) is 0 Å². The molecule has 0 bridgehead atoms. The first-order valence-electron chi connectivity index (χ1n) is 4.15. The SMILES string of the molecule is C=NC([Si](C)(C)C)[Si](C)(C)C. The van der Waals surface area contributed by atoms with Crippen LogP contribution in [0.3, 0.4) is 0 Å². The van der Waals surface area contributed by atoms with Crippen LogP contribution < -0.4 is 0 Å². The second-order valence-electron chi connectivity index (χ2n) is 5.32. The predicted octanol–water partition coefficient (Wildman–Crippen LogP) is 2.81. The molecular formula is C8H21NSi2. The summed E-state index contributed by atoms with van der Waals surface area (Å²) in [6.07, 6.45) is 0. The summed E-state index contributed by atoms with van der Waals surface area (Å²) in [5.74, 6) is 0. The molecule has 0 spiro atoms. The third-order valence-corrected chi connectivity index (χ3v) is 10.7. The fourth-order valence-corrected chi connectivity index (χ4v) is 13.3. The summed E-state index contributed by atoms with van der Waals surface area (Å²) in [6, 6.07) is 0. The van der Waals surface area contributed by atoms with Crippen LogP contribution in [-0.4, -0.2) is 28.2 Å². The van der Waals surface area contributed by atoms with E-state index < -0.39 is 16.1 Å². The normalized spacial score (nSPS) is 13.7. The Hall–Kier alpha value is 0.104. The Bertz CT molecular complexity index is 127. The summed E-state index contributed by atoms with van der Waals surface area (Å²) < 4.78 is 0.